The van der Waals surface area contributed by atoms with Gasteiger partial charge in [0, 0.05) is 6.42 Å². The molecule has 0 radical (unpaired) electrons. The summed E-state index contributed by atoms with van der Waals surface area (Å²) >= 11 is 0. The summed E-state index contributed by atoms with van der Waals surface area (Å²) in [4.78, 5) is 26.9. The zero-order valence-electron chi connectivity index (χ0n) is 64.3. The first kappa shape index (κ1) is 102. The van der Waals surface area contributed by atoms with Gasteiger partial charge in [0.1, 0.15) is 244 Å². The molecular formula is C66H111NO56. The van der Waals surface area contributed by atoms with Crippen molar-refractivity contribution in [3.8, 4) is 0 Å². The Hall–Kier alpha value is -3.18. The van der Waals surface area contributed by atoms with Crippen molar-refractivity contribution in [2.24, 2.45) is 5.73 Å². The van der Waals surface area contributed by atoms with Gasteiger partial charge in [-0.2, -0.15) is 0 Å². The van der Waals surface area contributed by atoms with Gasteiger partial charge >= 0.3 is 11.9 Å². The second-order valence-corrected chi connectivity index (χ2v) is 31.2. The maximum Gasteiger partial charge on any atom is 0.367 e. The number of nitrogens with two attached hydrogens (primary N) is 1. The molecule has 0 unspecified atom stereocenters. The fourth-order valence-corrected chi connectivity index (χ4v) is 15.4. The van der Waals surface area contributed by atoms with Crippen molar-refractivity contribution in [3.63, 3.8) is 0 Å². The Labute approximate surface area is 691 Å². The van der Waals surface area contributed by atoms with Crippen LogP contribution in [-0.4, -0.2) is 574 Å². The minimum absolute atomic E-state index is 0.482. The molecule has 0 aromatic heterocycles. The Bertz CT molecular complexity index is 3280. The summed E-state index contributed by atoms with van der Waals surface area (Å²) in [6.07, 6.45) is -123. The molecule has 0 bridgehead atoms. The van der Waals surface area contributed by atoms with Gasteiger partial charge < -0.3 is 274 Å². The molecule has 57 heteroatoms. The van der Waals surface area contributed by atoms with Crippen LogP contribution in [0, 0.1) is 0 Å². The van der Waals surface area contributed by atoms with Gasteiger partial charge in [-0.05, 0) is 6.92 Å². The predicted molar refractivity (Wildman–Crippen MR) is 366 cm³/mol. The Morgan fingerprint density at radius 1 is 0.366 bits per heavy atom. The molecule has 0 saturated carbocycles. The van der Waals surface area contributed by atoms with E-state index in [4.69, 9.17) is 95.7 Å². The van der Waals surface area contributed by atoms with E-state index < -0.39 is 402 Å². The van der Waals surface area contributed by atoms with E-state index in [0.29, 0.717) is 0 Å². The molecule has 0 amide bonds. The molecule has 37 N–H and O–H groups in total. The van der Waals surface area contributed by atoms with E-state index in [-0.39, 0.29) is 0 Å². The third-order valence-corrected chi connectivity index (χ3v) is 22.8. The van der Waals surface area contributed by atoms with Crippen LogP contribution in [0.4, 0.5) is 0 Å². The molecule has 0 aromatic rings. The Balaban J connectivity index is 1.07. The third kappa shape index (κ3) is 21.2. The molecule has 123 heavy (non-hydrogen) atoms. The van der Waals surface area contributed by atoms with E-state index in [2.05, 4.69) is 0 Å². The zero-order valence-corrected chi connectivity index (χ0v) is 64.3. The van der Waals surface area contributed by atoms with E-state index in [9.17, 15) is 188 Å². The van der Waals surface area contributed by atoms with Gasteiger partial charge in [0.2, 0.25) is 0 Å². The van der Waals surface area contributed by atoms with Crippen molar-refractivity contribution in [3.05, 3.63) is 0 Å². The van der Waals surface area contributed by atoms with Crippen molar-refractivity contribution in [2.45, 2.75) is 338 Å². The Morgan fingerprint density at radius 3 is 1.35 bits per heavy atom. The SMILES string of the molecule is C[C@@H]1O[C@@H](O[C@H]2[C@@H](O[C@@H]3[C@H](O)[C@@H](O[C@@H]4[C@H](O)[C@@H](O[C@H]5[C@@H]([C@H](O)CO)O[C@@](O)(C(=O)O)C[C@H]5O[C@@]5(C(=O)O)O[C@H]([C@H](O)CO[C@@H]6OC[C@H](N)[C@H](O)[C@H]6O)[C@H](O)[C@H](O)[C@@H]5O)O[C@H]([C@@H](O)CO)[C@H]4O[C@@H]4O[C@H](CO)[C@@H](O)[C@H](O)[C@H]4O)O[C@H]([C@@H](O)CO[C@H]4O[C@H]([C@@H](O)CO)[C@@H](O)[C@H](O)[C@@H]4O)[C@H]3O)O[C@H](CO[C@H]3O[C@H](CO)[C@@H](O)[C@H](O)[C@H]3O)[C@H](O)[C@@H]2O)[C@H](O)[C@H](O)[C@H]1O. The van der Waals surface area contributed by atoms with Gasteiger partial charge in [0.25, 0.3) is 11.6 Å². The average molecular weight is 1810 g/mol. The van der Waals surface area contributed by atoms with E-state index in [1.165, 1.54) is 0 Å². The number of aliphatic carboxylic acids is 2. The lowest BCUT2D eigenvalue weighted by atomic mass is 9.88. The molecular weight excluding hydrogens is 1700 g/mol. The van der Waals surface area contributed by atoms with Crippen LogP contribution >= 0.6 is 0 Å². The predicted octanol–water partition coefficient (Wildman–Crippen LogP) is -24.4. The van der Waals surface area contributed by atoms with Gasteiger partial charge in [0.15, 0.2) is 50.3 Å². The molecule has 57 nitrogen and oxygen atoms in total. The van der Waals surface area contributed by atoms with Crippen molar-refractivity contribution >= 4 is 11.9 Å². The fourth-order valence-electron chi connectivity index (χ4n) is 15.4. The molecule has 10 fully saturated rings. The van der Waals surface area contributed by atoms with E-state index >= 15 is 0 Å². The lowest BCUT2D eigenvalue weighted by Crippen LogP contribution is -2.73. The quantitative estimate of drug-likeness (QED) is 0.0290. The number of carboxylic acids is 2. The lowest BCUT2D eigenvalue weighted by Gasteiger charge is -2.53. The minimum atomic E-state index is -4.10. The smallest absolute Gasteiger partial charge is 0.367 e. The minimum Gasteiger partial charge on any atom is -0.477 e. The number of carbonyl (C=O) groups is 2. The number of hydrogen-bond acceptors (Lipinski definition) is 55. The van der Waals surface area contributed by atoms with Gasteiger partial charge in [-0.1, -0.05) is 0 Å². The summed E-state index contributed by atoms with van der Waals surface area (Å²) in [6.45, 7) is -9.79. The van der Waals surface area contributed by atoms with Crippen molar-refractivity contribution in [1.29, 1.82) is 0 Å². The van der Waals surface area contributed by atoms with Crippen LogP contribution in [0.15, 0.2) is 0 Å². The average Bonchev–Trinajstić information content (AvgIpc) is 0.740. The van der Waals surface area contributed by atoms with Crippen molar-refractivity contribution in [1.82, 2.24) is 0 Å². The summed E-state index contributed by atoms with van der Waals surface area (Å²) in [7, 11) is 0. The molecule has 0 aliphatic carbocycles. The standard InChI is InChI=1S/C66H111NO56/c1-12-23(78)28(83)39(94)58(109-12)119-52-32(87)27(82)22(11-108-56-37(92)29(84)25(80)20(6-71)110-56)112-62(52)117-50-41(96)45(17(76)9-107-57-38(93)31(86)33(88)44(113-57)14(73)3-68)114-60(42(50)97)118-51-43(98)61(115-47(15(74)4-69)53(51)120-59-40(95)30(85)26(81)21(7-72)111-59)116-49-19(2-65(104,63(100)101)122-48(49)16(75)5-70)121-66(64(102)103)54(99)35(90)34(89)46(123-66)18(77)10-106-55-36(91)24(79)13(67)8-105-55/h12-62,68-99,104H,2-11,67H2,1H3,(H,100,101)(H,102,103)/t12-,13-,14-,15-,16+,17-,18+,19+,20+,21+,22+,23-,24-,25+,26+,27-,28+,29-,30-,31-,32-,33-,34+,35-,36+,37+,38-,39+,40+,41+,42-,43-,44+,45+,46+,47+,48+,49+,50-,51+,52+,53+,54-,55-,56-,57-,58-,59-,60+,61+,62+,65+,66+/m0/s1. The monoisotopic (exact) mass is 1810 g/mol. The van der Waals surface area contributed by atoms with Crippen LogP contribution in [0.5, 0.6) is 0 Å². The van der Waals surface area contributed by atoms with Gasteiger partial charge in [-0.25, -0.2) is 9.59 Å². The van der Waals surface area contributed by atoms with Crippen molar-refractivity contribution < 1.29 is 278 Å². The highest BCUT2D eigenvalue weighted by Crippen LogP contribution is 2.45. The van der Waals surface area contributed by atoms with Gasteiger partial charge in [0.05, 0.1) is 77.7 Å². The molecule has 53 atom stereocenters. The lowest BCUT2D eigenvalue weighted by molar-refractivity contribution is -0.422. The van der Waals surface area contributed by atoms with Crippen LogP contribution in [0.25, 0.3) is 0 Å². The topological polar surface area (TPSA) is 944 Å². The Morgan fingerprint density at radius 2 is 0.780 bits per heavy atom. The van der Waals surface area contributed by atoms with Crippen LogP contribution in [0.3, 0.4) is 0 Å². The van der Waals surface area contributed by atoms with Crippen LogP contribution in [0.1, 0.15) is 13.3 Å². The number of aliphatic hydroxyl groups is 33. The zero-order chi connectivity index (χ0) is 91.1. The number of hydrogen-bond donors (Lipinski definition) is 36. The van der Waals surface area contributed by atoms with Crippen molar-refractivity contribution in [2.75, 3.05) is 59.5 Å². The number of ether oxygens (including phenoxy) is 19. The largest absolute Gasteiger partial charge is 0.477 e. The molecule has 10 rings (SSSR count). The summed E-state index contributed by atoms with van der Waals surface area (Å²) < 4.78 is 109. The Kier molecular flexibility index (Phi) is 35.3. The maximum absolute atomic E-state index is 13.8. The highest BCUT2D eigenvalue weighted by molar-refractivity contribution is 5.77. The summed E-state index contributed by atoms with van der Waals surface area (Å²) in [6, 6.07) is -1.19. The van der Waals surface area contributed by atoms with Crippen LogP contribution in [0.2, 0.25) is 0 Å². The molecule has 10 heterocycles. The molecule has 716 valence electrons. The molecule has 10 aliphatic rings. The number of rotatable bonds is 33. The third-order valence-electron chi connectivity index (χ3n) is 22.8. The van der Waals surface area contributed by atoms with E-state index in [1.54, 1.807) is 0 Å². The van der Waals surface area contributed by atoms with Crippen LogP contribution in [-0.2, 0) is 99.6 Å². The van der Waals surface area contributed by atoms with E-state index in [1.807, 2.05) is 0 Å². The van der Waals surface area contributed by atoms with E-state index in [0.717, 1.165) is 6.92 Å². The first-order valence-corrected chi connectivity index (χ1v) is 38.5. The first-order valence-electron chi connectivity index (χ1n) is 38.5. The highest BCUT2D eigenvalue weighted by atomic mass is 16.8. The summed E-state index contributed by atoms with van der Waals surface area (Å²) in [5.74, 6) is -13.0. The molecule has 10 saturated heterocycles. The maximum atomic E-state index is 13.8. The van der Waals surface area contributed by atoms with Gasteiger partial charge in [-0.15, -0.1) is 0 Å². The molecule has 0 spiro atoms. The number of carboxylic acid groups (broad SMARTS) is 2. The second-order valence-electron chi connectivity index (χ2n) is 31.2. The molecule has 0 aromatic carbocycles. The molecule has 10 aliphatic heterocycles. The summed E-state index contributed by atoms with van der Waals surface area (Å²) in [5, 5.41) is 391. The summed E-state index contributed by atoms with van der Waals surface area (Å²) in [5.41, 5.74) is 5.71. The first-order chi connectivity index (χ1) is 57.8. The van der Waals surface area contributed by atoms with Crippen LogP contribution < -0.4 is 5.73 Å². The normalized spacial score (nSPS) is 50.9. The van der Waals surface area contributed by atoms with Gasteiger partial charge in [-0.3, -0.25) is 0 Å². The number of aliphatic hydroxyl groups excluding tert-OH is 32. The highest BCUT2D eigenvalue weighted by Gasteiger charge is 2.67. The second kappa shape index (κ2) is 42.6. The fraction of sp³-hybridized carbons (Fsp3) is 0.970.